The van der Waals surface area contributed by atoms with E-state index >= 15 is 0 Å². The number of fused-ring (bicyclic) bond motifs is 5. The third-order valence-corrected chi connectivity index (χ3v) is 10.1. The van der Waals surface area contributed by atoms with Crippen molar-refractivity contribution >= 4 is 18.0 Å². The fourth-order valence-corrected chi connectivity index (χ4v) is 8.45. The molecule has 4 nitrogen and oxygen atoms in total. The first-order chi connectivity index (χ1) is 14.1. The number of hydrogen-bond donors (Lipinski definition) is 0. The Hall–Kier alpha value is -1.45. The molecule has 4 rings (SSSR count). The first kappa shape index (κ1) is 21.8. The van der Waals surface area contributed by atoms with Crippen LogP contribution in [0.5, 0.6) is 0 Å². The maximum absolute atomic E-state index is 13.3. The van der Waals surface area contributed by atoms with Crippen LogP contribution in [0.4, 0.5) is 0 Å². The number of carbonyl (C=O) groups excluding carboxylic acids is 3. The lowest BCUT2D eigenvalue weighted by molar-refractivity contribution is -0.150. The van der Waals surface area contributed by atoms with Crippen LogP contribution in [0.2, 0.25) is 0 Å². The van der Waals surface area contributed by atoms with Crippen LogP contribution in [-0.2, 0) is 19.1 Å². The standard InChI is InChI=1S/C26H38O4/c1-16(10-13-27)23-22(29)15-26(5)21-7-6-18-14-19(30-17(2)28)8-11-24(18,3)20(21)9-12-25(23,26)4/h6,13,16,19-21,23H,7-12,14-15H2,1-5H3/t16-,19+,20?,21?,23+,24+,25-,26+/m1/s1. The van der Waals surface area contributed by atoms with Crippen molar-refractivity contribution in [3.8, 4) is 0 Å². The van der Waals surface area contributed by atoms with Gasteiger partial charge in [0.05, 0.1) is 0 Å². The van der Waals surface area contributed by atoms with Crippen LogP contribution < -0.4 is 0 Å². The molecule has 0 heterocycles. The predicted molar refractivity (Wildman–Crippen MR) is 116 cm³/mol. The Morgan fingerprint density at radius 1 is 1.20 bits per heavy atom. The maximum atomic E-state index is 13.3. The zero-order valence-corrected chi connectivity index (χ0v) is 19.3. The topological polar surface area (TPSA) is 60.4 Å². The van der Waals surface area contributed by atoms with Crippen molar-refractivity contribution in [2.24, 2.45) is 39.9 Å². The van der Waals surface area contributed by atoms with E-state index in [1.165, 1.54) is 12.5 Å². The van der Waals surface area contributed by atoms with Gasteiger partial charge in [-0.1, -0.05) is 39.3 Å². The molecule has 166 valence electrons. The molecule has 4 aliphatic carbocycles. The molecule has 4 heteroatoms. The summed E-state index contributed by atoms with van der Waals surface area (Å²) in [6, 6.07) is 0. The first-order valence-electron chi connectivity index (χ1n) is 11.9. The number of carbonyl (C=O) groups is 3. The maximum Gasteiger partial charge on any atom is 0.302 e. The van der Waals surface area contributed by atoms with Crippen molar-refractivity contribution in [3.05, 3.63) is 11.6 Å². The first-order valence-corrected chi connectivity index (χ1v) is 11.9. The van der Waals surface area contributed by atoms with Crippen LogP contribution >= 0.6 is 0 Å². The van der Waals surface area contributed by atoms with Gasteiger partial charge in [0.15, 0.2) is 0 Å². The Morgan fingerprint density at radius 2 is 1.93 bits per heavy atom. The largest absolute Gasteiger partial charge is 0.462 e. The van der Waals surface area contributed by atoms with Crippen LogP contribution in [0.25, 0.3) is 0 Å². The molecular formula is C26H38O4. The molecule has 3 saturated carbocycles. The summed E-state index contributed by atoms with van der Waals surface area (Å²) < 4.78 is 5.55. The summed E-state index contributed by atoms with van der Waals surface area (Å²) in [5.74, 6) is 1.43. The minimum atomic E-state index is -0.182. The number of ether oxygens (including phenoxy) is 1. The van der Waals surface area contributed by atoms with Crippen molar-refractivity contribution in [1.29, 1.82) is 0 Å². The lowest BCUT2D eigenvalue weighted by Crippen LogP contribution is -2.55. The molecule has 30 heavy (non-hydrogen) atoms. The van der Waals surface area contributed by atoms with Crippen molar-refractivity contribution in [2.75, 3.05) is 0 Å². The third-order valence-electron chi connectivity index (χ3n) is 10.1. The second kappa shape index (κ2) is 7.31. The van der Waals surface area contributed by atoms with E-state index in [0.717, 1.165) is 44.8 Å². The van der Waals surface area contributed by atoms with Gasteiger partial charge in [-0.15, -0.1) is 0 Å². The van der Waals surface area contributed by atoms with Gasteiger partial charge in [-0.3, -0.25) is 9.59 Å². The molecule has 0 bridgehead atoms. The molecular weight excluding hydrogens is 376 g/mol. The van der Waals surface area contributed by atoms with Crippen molar-refractivity contribution < 1.29 is 19.1 Å². The van der Waals surface area contributed by atoms with Gasteiger partial charge >= 0.3 is 5.97 Å². The highest BCUT2D eigenvalue weighted by molar-refractivity contribution is 5.86. The van der Waals surface area contributed by atoms with E-state index in [4.69, 9.17) is 4.74 Å². The third kappa shape index (κ3) is 2.96. The van der Waals surface area contributed by atoms with Gasteiger partial charge in [-0.25, -0.2) is 0 Å². The van der Waals surface area contributed by atoms with Crippen LogP contribution in [0.1, 0.15) is 86.0 Å². The molecule has 0 saturated heterocycles. The average molecular weight is 415 g/mol. The lowest BCUT2D eigenvalue weighted by atomic mass is 9.42. The zero-order valence-electron chi connectivity index (χ0n) is 19.3. The van der Waals surface area contributed by atoms with Crippen molar-refractivity contribution in [1.82, 2.24) is 0 Å². The second-order valence-corrected chi connectivity index (χ2v) is 11.4. The van der Waals surface area contributed by atoms with Crippen molar-refractivity contribution in [2.45, 2.75) is 92.1 Å². The van der Waals surface area contributed by atoms with E-state index < -0.39 is 0 Å². The number of aldehydes is 1. The number of ketones is 1. The summed E-state index contributed by atoms with van der Waals surface area (Å²) >= 11 is 0. The minimum Gasteiger partial charge on any atom is -0.462 e. The summed E-state index contributed by atoms with van der Waals surface area (Å²) in [5, 5.41) is 0. The second-order valence-electron chi connectivity index (χ2n) is 11.4. The van der Waals surface area contributed by atoms with Gasteiger partial charge in [-0.2, -0.15) is 0 Å². The Bertz CT molecular complexity index is 784. The minimum absolute atomic E-state index is 0.00605. The normalized spacial score (nSPS) is 46.2. The highest BCUT2D eigenvalue weighted by Crippen LogP contribution is 2.71. The molecule has 3 fully saturated rings. The Labute approximate surface area is 181 Å². The molecule has 4 aliphatic rings. The molecule has 0 radical (unpaired) electrons. The van der Waals surface area contributed by atoms with Gasteiger partial charge in [0.25, 0.3) is 0 Å². The highest BCUT2D eigenvalue weighted by atomic mass is 16.5. The van der Waals surface area contributed by atoms with Crippen LogP contribution in [-0.4, -0.2) is 24.1 Å². The van der Waals surface area contributed by atoms with E-state index in [-0.39, 0.29) is 40.2 Å². The summed E-state index contributed by atoms with van der Waals surface area (Å²) in [5.41, 5.74) is 1.60. The van der Waals surface area contributed by atoms with Crippen LogP contribution in [0.3, 0.4) is 0 Å². The Morgan fingerprint density at radius 3 is 2.60 bits per heavy atom. The SMILES string of the molecule is CC(=O)O[C@H]1CC[C@@]2(C)C(=CCC3C2CC[C@]2(C)[C@@H]([C@H](C)CC=O)C(=O)C[C@@]32C)C1. The van der Waals surface area contributed by atoms with Gasteiger partial charge < -0.3 is 9.53 Å². The summed E-state index contributed by atoms with van der Waals surface area (Å²) in [7, 11) is 0. The fourth-order valence-electron chi connectivity index (χ4n) is 8.45. The van der Waals surface area contributed by atoms with Crippen molar-refractivity contribution in [3.63, 3.8) is 0 Å². The van der Waals surface area contributed by atoms with Crippen LogP contribution in [0.15, 0.2) is 11.6 Å². The Balaban J connectivity index is 1.65. The fraction of sp³-hybridized carbons (Fsp3) is 0.808. The monoisotopic (exact) mass is 414 g/mol. The average Bonchev–Trinajstić information content (AvgIpc) is 2.87. The zero-order chi connectivity index (χ0) is 21.9. The van der Waals surface area contributed by atoms with E-state index in [2.05, 4.69) is 33.8 Å². The molecule has 0 aliphatic heterocycles. The van der Waals surface area contributed by atoms with E-state index in [0.29, 0.717) is 30.5 Å². The summed E-state index contributed by atoms with van der Waals surface area (Å²) in [6.45, 7) is 10.7. The van der Waals surface area contributed by atoms with Gasteiger partial charge in [-0.05, 0) is 66.1 Å². The number of esters is 1. The molecule has 0 amide bonds. The molecule has 0 N–H and O–H groups in total. The smallest absolute Gasteiger partial charge is 0.302 e. The molecule has 0 aromatic rings. The summed E-state index contributed by atoms with van der Waals surface area (Å²) in [4.78, 5) is 35.9. The Kier molecular flexibility index (Phi) is 5.30. The number of hydrogen-bond acceptors (Lipinski definition) is 4. The lowest BCUT2D eigenvalue weighted by Gasteiger charge is -2.62. The van der Waals surface area contributed by atoms with E-state index in [1.807, 2.05) is 0 Å². The quantitative estimate of drug-likeness (QED) is 0.356. The molecule has 0 aromatic heterocycles. The van der Waals surface area contributed by atoms with E-state index in [9.17, 15) is 14.4 Å². The molecule has 8 atom stereocenters. The van der Waals surface area contributed by atoms with Gasteiger partial charge in [0.1, 0.15) is 18.2 Å². The number of rotatable bonds is 4. The highest BCUT2D eigenvalue weighted by Gasteiger charge is 2.67. The van der Waals surface area contributed by atoms with Gasteiger partial charge in [0.2, 0.25) is 0 Å². The predicted octanol–water partition coefficient (Wildman–Crippen LogP) is 5.29. The van der Waals surface area contributed by atoms with Crippen LogP contribution in [0, 0.1) is 39.9 Å². The van der Waals surface area contributed by atoms with Gasteiger partial charge in [0, 0.05) is 32.1 Å². The molecule has 0 spiro atoms. The molecule has 0 aromatic carbocycles. The molecule has 2 unspecified atom stereocenters. The number of Topliss-reactive ketones (excluding diaryl/α,β-unsaturated/α-hetero) is 1. The summed E-state index contributed by atoms with van der Waals surface area (Å²) in [6.07, 6.45) is 10.7. The number of allylic oxidation sites excluding steroid dienone is 1. The van der Waals surface area contributed by atoms with E-state index in [1.54, 1.807) is 0 Å².